The van der Waals surface area contributed by atoms with Crippen LogP contribution >= 0.6 is 11.3 Å². The maximum absolute atomic E-state index is 13.9. The van der Waals surface area contributed by atoms with Crippen LogP contribution in [0.3, 0.4) is 0 Å². The third-order valence-electron chi connectivity index (χ3n) is 14.1. The van der Waals surface area contributed by atoms with E-state index in [4.69, 9.17) is 0 Å². The smallest absolute Gasteiger partial charge is 0.335 e. The number of hydrogen-bond acceptors (Lipinski definition) is 5. The lowest BCUT2D eigenvalue weighted by Gasteiger charge is -2.71. The molecule has 1 aromatic carbocycles. The standard InChI is InChI=1S/C35H45N3O3S.C3H6/c1-21-24(22-7-9-23(10-8-22)29(39)40)13-16-32(2)25(21)14-17-34(4)28(32)12-11-26-27-6-5-15-35(27,19-18-33(26,34)3)30(41)37-31-38-36-20-42-31;1-3-2/h7-10,13,20-21,25-28H,5-6,11-12,14-19H2,1-4H3,(H,39,40)(H,37,38,41);3H,1H2,2H3/t21?,25?,26?,27?,28?,32?,33-,34?,35?;/m1./s1. The highest BCUT2D eigenvalue weighted by Gasteiger charge is 2.69. The summed E-state index contributed by atoms with van der Waals surface area (Å²) < 4.78 is 0. The molecule has 242 valence electrons. The van der Waals surface area contributed by atoms with Crippen molar-refractivity contribution in [3.05, 3.63) is 59.6 Å². The van der Waals surface area contributed by atoms with Crippen molar-refractivity contribution in [1.82, 2.24) is 10.2 Å². The summed E-state index contributed by atoms with van der Waals surface area (Å²) in [5, 5.41) is 21.2. The molecule has 8 unspecified atom stereocenters. The minimum absolute atomic E-state index is 0.196. The van der Waals surface area contributed by atoms with Crippen molar-refractivity contribution < 1.29 is 14.7 Å². The zero-order valence-corrected chi connectivity index (χ0v) is 28.6. The molecule has 0 aliphatic heterocycles. The molecule has 7 rings (SSSR count). The van der Waals surface area contributed by atoms with E-state index in [0.29, 0.717) is 40.3 Å². The number of aromatic carboxylic acids is 1. The van der Waals surface area contributed by atoms with Gasteiger partial charge in [-0.25, -0.2) is 4.79 Å². The molecule has 1 heterocycles. The molecule has 45 heavy (non-hydrogen) atoms. The van der Waals surface area contributed by atoms with Gasteiger partial charge in [-0.3, -0.25) is 4.79 Å². The monoisotopic (exact) mass is 629 g/mol. The topological polar surface area (TPSA) is 92.2 Å². The SMILES string of the molecule is C=CC.CC1C(c2ccc(C(=O)O)cc2)=CCC2(C)C1CCC1(C)C2CCC2C3CCCC3(C(=O)Nc3nncs3)CC[C@]21C. The Labute approximate surface area is 273 Å². The van der Waals surface area contributed by atoms with Gasteiger partial charge < -0.3 is 10.4 Å². The van der Waals surface area contributed by atoms with Crippen LogP contribution < -0.4 is 5.32 Å². The fraction of sp³-hybridized carbons (Fsp3) is 0.632. The number of hydrogen-bond donors (Lipinski definition) is 2. The maximum Gasteiger partial charge on any atom is 0.335 e. The van der Waals surface area contributed by atoms with Gasteiger partial charge in [-0.1, -0.05) is 69.7 Å². The molecule has 5 aliphatic rings. The van der Waals surface area contributed by atoms with Gasteiger partial charge in [0.2, 0.25) is 11.0 Å². The molecule has 0 radical (unpaired) electrons. The van der Waals surface area contributed by atoms with Crippen LogP contribution in [0.25, 0.3) is 5.57 Å². The van der Waals surface area contributed by atoms with Crippen molar-refractivity contribution in [3.63, 3.8) is 0 Å². The number of nitrogens with zero attached hydrogens (tertiary/aromatic N) is 2. The van der Waals surface area contributed by atoms with Crippen LogP contribution in [-0.4, -0.2) is 27.2 Å². The fourth-order valence-electron chi connectivity index (χ4n) is 11.8. The zero-order chi connectivity index (χ0) is 32.2. The molecule has 1 amide bonds. The number of anilines is 1. The van der Waals surface area contributed by atoms with Gasteiger partial charge in [0.1, 0.15) is 5.51 Å². The number of carbonyl (C=O) groups is 2. The molecule has 5 aliphatic carbocycles. The van der Waals surface area contributed by atoms with Crippen LogP contribution in [-0.2, 0) is 4.79 Å². The Morgan fingerprint density at radius 3 is 2.38 bits per heavy atom. The summed E-state index contributed by atoms with van der Waals surface area (Å²) in [6.07, 6.45) is 15.8. The number of aromatic nitrogens is 2. The van der Waals surface area contributed by atoms with Crippen molar-refractivity contribution in [2.75, 3.05) is 5.32 Å². The summed E-state index contributed by atoms with van der Waals surface area (Å²) in [7, 11) is 0. The van der Waals surface area contributed by atoms with Crippen molar-refractivity contribution in [2.24, 2.45) is 51.2 Å². The highest BCUT2D eigenvalue weighted by molar-refractivity contribution is 7.13. The number of amides is 1. The first-order chi connectivity index (χ1) is 21.4. The maximum atomic E-state index is 13.9. The average Bonchev–Trinajstić information content (AvgIpc) is 3.69. The molecule has 0 bridgehead atoms. The van der Waals surface area contributed by atoms with E-state index in [1.165, 1.54) is 54.6 Å². The number of carboxylic acids is 1. The van der Waals surface area contributed by atoms with Gasteiger partial charge in [0, 0.05) is 0 Å². The Kier molecular flexibility index (Phi) is 8.41. The highest BCUT2D eigenvalue weighted by atomic mass is 32.1. The molecule has 4 saturated carbocycles. The molecule has 2 aromatic rings. The lowest BCUT2D eigenvalue weighted by molar-refractivity contribution is -0.216. The van der Waals surface area contributed by atoms with Crippen molar-refractivity contribution in [2.45, 2.75) is 98.8 Å². The molecule has 0 saturated heterocycles. The summed E-state index contributed by atoms with van der Waals surface area (Å²) in [6.45, 7) is 15.5. The Hall–Kier alpha value is -2.80. The van der Waals surface area contributed by atoms with E-state index >= 15 is 0 Å². The molecule has 0 spiro atoms. The molecule has 2 N–H and O–H groups in total. The first kappa shape index (κ1) is 32.2. The minimum Gasteiger partial charge on any atom is -0.478 e. The van der Waals surface area contributed by atoms with Crippen LogP contribution in [0.1, 0.15) is 115 Å². The van der Waals surface area contributed by atoms with Crippen molar-refractivity contribution in [3.8, 4) is 0 Å². The van der Waals surface area contributed by atoms with Gasteiger partial charge in [-0.15, -0.1) is 16.8 Å². The van der Waals surface area contributed by atoms with Crippen LogP contribution in [0.2, 0.25) is 0 Å². The normalized spacial score (nSPS) is 39.8. The fourth-order valence-corrected chi connectivity index (χ4v) is 12.3. The highest BCUT2D eigenvalue weighted by Crippen LogP contribution is 2.76. The molecule has 4 fully saturated rings. The van der Waals surface area contributed by atoms with E-state index in [-0.39, 0.29) is 27.6 Å². The summed E-state index contributed by atoms with van der Waals surface area (Å²) in [6, 6.07) is 7.51. The second-order valence-electron chi connectivity index (χ2n) is 15.5. The molecule has 1 aromatic heterocycles. The summed E-state index contributed by atoms with van der Waals surface area (Å²) in [5.74, 6) is 2.12. The second kappa shape index (κ2) is 11.8. The van der Waals surface area contributed by atoms with E-state index in [1.807, 2.05) is 19.1 Å². The van der Waals surface area contributed by atoms with Crippen LogP contribution in [0.15, 0.2) is 48.5 Å². The quantitative estimate of drug-likeness (QED) is 0.329. The van der Waals surface area contributed by atoms with Gasteiger partial charge >= 0.3 is 5.97 Å². The van der Waals surface area contributed by atoms with Crippen molar-refractivity contribution in [1.29, 1.82) is 0 Å². The predicted octanol–water partition coefficient (Wildman–Crippen LogP) is 9.53. The predicted molar refractivity (Wildman–Crippen MR) is 182 cm³/mol. The molecular weight excluding hydrogens is 579 g/mol. The average molecular weight is 630 g/mol. The van der Waals surface area contributed by atoms with Crippen LogP contribution in [0, 0.1) is 51.2 Å². The number of benzene rings is 1. The third-order valence-corrected chi connectivity index (χ3v) is 14.7. The Bertz CT molecular complexity index is 1470. The van der Waals surface area contributed by atoms with Gasteiger partial charge in [0.05, 0.1) is 11.0 Å². The minimum atomic E-state index is -0.870. The Balaban J connectivity index is 0.00000115. The first-order valence-electron chi connectivity index (χ1n) is 17.1. The largest absolute Gasteiger partial charge is 0.478 e. The number of rotatable bonds is 4. The summed E-state index contributed by atoms with van der Waals surface area (Å²) in [4.78, 5) is 25.3. The van der Waals surface area contributed by atoms with Gasteiger partial charge in [0.15, 0.2) is 0 Å². The Morgan fingerprint density at radius 1 is 0.978 bits per heavy atom. The molecule has 7 heteroatoms. The summed E-state index contributed by atoms with van der Waals surface area (Å²) in [5.41, 5.74) is 5.11. The number of carboxylic acid groups (broad SMARTS) is 1. The van der Waals surface area contributed by atoms with Crippen LogP contribution in [0.4, 0.5) is 5.13 Å². The lowest BCUT2D eigenvalue weighted by Crippen LogP contribution is -2.65. The summed E-state index contributed by atoms with van der Waals surface area (Å²) >= 11 is 1.41. The van der Waals surface area contributed by atoms with E-state index in [9.17, 15) is 14.7 Å². The zero-order valence-electron chi connectivity index (χ0n) is 27.8. The first-order valence-corrected chi connectivity index (χ1v) is 18.0. The number of allylic oxidation sites excluding steroid dienone is 3. The van der Waals surface area contributed by atoms with E-state index in [1.54, 1.807) is 23.7 Å². The van der Waals surface area contributed by atoms with Crippen LogP contribution in [0.5, 0.6) is 0 Å². The molecular formula is C38H51N3O3S. The number of fused-ring (bicyclic) bond motifs is 7. The number of nitrogens with one attached hydrogen (secondary N) is 1. The van der Waals surface area contributed by atoms with E-state index in [2.05, 4.69) is 55.9 Å². The second-order valence-corrected chi connectivity index (χ2v) is 16.4. The molecule has 6 nitrogen and oxygen atoms in total. The Morgan fingerprint density at radius 2 is 1.71 bits per heavy atom. The van der Waals surface area contributed by atoms with E-state index < -0.39 is 5.97 Å². The lowest BCUT2D eigenvalue weighted by atomic mass is 9.33. The number of carbonyl (C=O) groups excluding carboxylic acids is 1. The van der Waals surface area contributed by atoms with E-state index in [0.717, 1.165) is 32.1 Å². The molecule has 9 atom stereocenters. The van der Waals surface area contributed by atoms with Gasteiger partial charge in [0.25, 0.3) is 0 Å². The van der Waals surface area contributed by atoms with Crippen molar-refractivity contribution >= 4 is 33.9 Å². The van der Waals surface area contributed by atoms with Gasteiger partial charge in [-0.05, 0) is 134 Å². The van der Waals surface area contributed by atoms with Gasteiger partial charge in [-0.2, -0.15) is 0 Å². The third kappa shape index (κ3) is 4.85.